The molecule has 0 unspecified atom stereocenters. The zero-order chi connectivity index (χ0) is 15.8. The molecule has 0 heterocycles. The molecule has 0 spiro atoms. The molecule has 1 atom stereocenters. The number of para-hydroxylation sites is 1. The first-order chi connectivity index (χ1) is 9.95. The number of rotatable bonds is 7. The van der Waals surface area contributed by atoms with Gasteiger partial charge in [0.25, 0.3) is 5.91 Å². The fraction of sp³-hybridized carbons (Fsp3) is 0.500. The van der Waals surface area contributed by atoms with Crippen LogP contribution in [0, 0.1) is 13.8 Å². The maximum Gasteiger partial charge on any atom is 0.258 e. The molecule has 0 aliphatic heterocycles. The molecule has 0 aromatic heterocycles. The molecule has 0 aliphatic rings. The van der Waals surface area contributed by atoms with Crippen LogP contribution in [0.4, 0.5) is 0 Å². The van der Waals surface area contributed by atoms with Gasteiger partial charge in [-0.1, -0.05) is 25.1 Å². The largest absolute Gasteiger partial charge is 0.483 e. The van der Waals surface area contributed by atoms with E-state index in [2.05, 4.69) is 10.6 Å². The third kappa shape index (κ3) is 5.45. The lowest BCUT2D eigenvalue weighted by Crippen LogP contribution is -2.46. The normalized spacial score (nSPS) is 11.6. The smallest absolute Gasteiger partial charge is 0.258 e. The van der Waals surface area contributed by atoms with Crippen LogP contribution in [0.3, 0.4) is 0 Å². The molecule has 0 aliphatic carbocycles. The molecular weight excluding hydrogens is 268 g/mol. The molecule has 116 valence electrons. The van der Waals surface area contributed by atoms with Gasteiger partial charge in [-0.15, -0.1) is 0 Å². The van der Waals surface area contributed by atoms with Crippen LogP contribution in [0.25, 0.3) is 0 Å². The molecule has 5 nitrogen and oxygen atoms in total. The van der Waals surface area contributed by atoms with E-state index < -0.39 is 6.04 Å². The van der Waals surface area contributed by atoms with Crippen molar-refractivity contribution in [2.45, 2.75) is 40.2 Å². The summed E-state index contributed by atoms with van der Waals surface area (Å²) in [5.74, 6) is 0.227. The van der Waals surface area contributed by atoms with E-state index in [1.54, 1.807) is 6.92 Å². The summed E-state index contributed by atoms with van der Waals surface area (Å²) in [6.45, 7) is 8.00. The molecule has 5 heteroatoms. The van der Waals surface area contributed by atoms with Gasteiger partial charge < -0.3 is 15.4 Å². The van der Waals surface area contributed by atoms with Gasteiger partial charge >= 0.3 is 0 Å². The highest BCUT2D eigenvalue weighted by Crippen LogP contribution is 2.21. The number of benzene rings is 1. The van der Waals surface area contributed by atoms with Gasteiger partial charge in [0.2, 0.25) is 5.91 Å². The number of hydrogen-bond donors (Lipinski definition) is 2. The molecule has 0 saturated carbocycles. The molecule has 1 aromatic rings. The second-order valence-corrected chi connectivity index (χ2v) is 5.09. The summed E-state index contributed by atoms with van der Waals surface area (Å²) in [7, 11) is 0. The summed E-state index contributed by atoms with van der Waals surface area (Å²) in [5, 5.41) is 5.36. The molecular formula is C16H24N2O3. The minimum Gasteiger partial charge on any atom is -0.483 e. The summed E-state index contributed by atoms with van der Waals surface area (Å²) in [6, 6.07) is 5.24. The van der Waals surface area contributed by atoms with Crippen molar-refractivity contribution in [2.75, 3.05) is 13.2 Å². The summed E-state index contributed by atoms with van der Waals surface area (Å²) in [6.07, 6.45) is 0.863. The van der Waals surface area contributed by atoms with Gasteiger partial charge in [0.1, 0.15) is 11.8 Å². The predicted octanol–water partition coefficient (Wildman–Crippen LogP) is 1.71. The number of carbonyl (C=O) groups is 2. The molecule has 0 bridgehead atoms. The number of amides is 2. The summed E-state index contributed by atoms with van der Waals surface area (Å²) in [4.78, 5) is 23.5. The molecule has 1 rings (SSSR count). The molecule has 0 saturated heterocycles. The van der Waals surface area contributed by atoms with Crippen LogP contribution in [0.2, 0.25) is 0 Å². The van der Waals surface area contributed by atoms with Gasteiger partial charge in [-0.2, -0.15) is 0 Å². The zero-order valence-electron chi connectivity index (χ0n) is 13.2. The third-order valence-corrected chi connectivity index (χ3v) is 3.08. The lowest BCUT2D eigenvalue weighted by Gasteiger charge is -2.15. The van der Waals surface area contributed by atoms with Crippen LogP contribution in [0.5, 0.6) is 5.75 Å². The lowest BCUT2D eigenvalue weighted by molar-refractivity contribution is -0.129. The van der Waals surface area contributed by atoms with Crippen molar-refractivity contribution in [1.29, 1.82) is 0 Å². The summed E-state index contributed by atoms with van der Waals surface area (Å²) >= 11 is 0. The highest BCUT2D eigenvalue weighted by molar-refractivity contribution is 5.87. The van der Waals surface area contributed by atoms with E-state index in [-0.39, 0.29) is 18.4 Å². The number of carbonyl (C=O) groups excluding carboxylic acids is 2. The Hall–Kier alpha value is -2.04. The second-order valence-electron chi connectivity index (χ2n) is 5.09. The Morgan fingerprint density at radius 2 is 1.86 bits per heavy atom. The van der Waals surface area contributed by atoms with Crippen LogP contribution < -0.4 is 15.4 Å². The van der Waals surface area contributed by atoms with Crippen molar-refractivity contribution in [3.63, 3.8) is 0 Å². The zero-order valence-corrected chi connectivity index (χ0v) is 13.2. The molecule has 21 heavy (non-hydrogen) atoms. The molecule has 2 N–H and O–H groups in total. The van der Waals surface area contributed by atoms with Crippen LogP contribution >= 0.6 is 0 Å². The summed E-state index contributed by atoms with van der Waals surface area (Å²) in [5.41, 5.74) is 1.97. The van der Waals surface area contributed by atoms with Gasteiger partial charge in [0.05, 0.1) is 0 Å². The Morgan fingerprint density at radius 3 is 2.43 bits per heavy atom. The van der Waals surface area contributed by atoms with Crippen molar-refractivity contribution >= 4 is 11.8 Å². The van der Waals surface area contributed by atoms with E-state index in [0.29, 0.717) is 6.54 Å². The Morgan fingerprint density at radius 1 is 1.24 bits per heavy atom. The molecule has 0 radical (unpaired) electrons. The number of hydrogen-bond acceptors (Lipinski definition) is 3. The van der Waals surface area contributed by atoms with Crippen molar-refractivity contribution in [2.24, 2.45) is 0 Å². The average Bonchev–Trinajstić information content (AvgIpc) is 2.44. The maximum atomic E-state index is 11.8. The Kier molecular flexibility index (Phi) is 6.72. The van der Waals surface area contributed by atoms with Gasteiger partial charge in [-0.25, -0.2) is 0 Å². The Labute approximate surface area is 126 Å². The van der Waals surface area contributed by atoms with Crippen LogP contribution in [-0.4, -0.2) is 31.0 Å². The number of aryl methyl sites for hydroxylation is 2. The SMILES string of the molecule is CCCNC(=O)[C@@H](C)NC(=O)COc1c(C)cccc1C. The first kappa shape index (κ1) is 17.0. The number of ether oxygens (including phenoxy) is 1. The molecule has 2 amide bonds. The summed E-state index contributed by atoms with van der Waals surface area (Å²) < 4.78 is 5.55. The monoisotopic (exact) mass is 292 g/mol. The van der Waals surface area contributed by atoms with E-state index in [4.69, 9.17) is 4.74 Å². The van der Waals surface area contributed by atoms with Crippen LogP contribution in [0.15, 0.2) is 18.2 Å². The van der Waals surface area contributed by atoms with Gasteiger partial charge in [-0.05, 0) is 38.3 Å². The topological polar surface area (TPSA) is 67.4 Å². The Balaban J connectivity index is 2.46. The van der Waals surface area contributed by atoms with E-state index in [9.17, 15) is 9.59 Å². The van der Waals surface area contributed by atoms with Gasteiger partial charge in [0, 0.05) is 6.54 Å². The fourth-order valence-electron chi connectivity index (χ4n) is 1.91. The highest BCUT2D eigenvalue weighted by Gasteiger charge is 2.15. The van der Waals surface area contributed by atoms with E-state index in [0.717, 1.165) is 23.3 Å². The van der Waals surface area contributed by atoms with Crippen molar-refractivity contribution < 1.29 is 14.3 Å². The fourth-order valence-corrected chi connectivity index (χ4v) is 1.91. The predicted molar refractivity (Wildman–Crippen MR) is 82.3 cm³/mol. The Bertz CT molecular complexity index is 480. The van der Waals surface area contributed by atoms with Gasteiger partial charge in [0.15, 0.2) is 6.61 Å². The average molecular weight is 292 g/mol. The lowest BCUT2D eigenvalue weighted by atomic mass is 10.1. The highest BCUT2D eigenvalue weighted by atomic mass is 16.5. The van der Waals surface area contributed by atoms with Crippen molar-refractivity contribution in [3.05, 3.63) is 29.3 Å². The maximum absolute atomic E-state index is 11.8. The van der Waals surface area contributed by atoms with Crippen molar-refractivity contribution in [1.82, 2.24) is 10.6 Å². The van der Waals surface area contributed by atoms with E-state index in [1.165, 1.54) is 0 Å². The van der Waals surface area contributed by atoms with E-state index >= 15 is 0 Å². The standard InChI is InChI=1S/C16H24N2O3/c1-5-9-17-16(20)13(4)18-14(19)10-21-15-11(2)7-6-8-12(15)3/h6-8,13H,5,9-10H2,1-4H3,(H,17,20)(H,18,19)/t13-/m1/s1. The minimum atomic E-state index is -0.564. The van der Waals surface area contributed by atoms with Crippen LogP contribution in [0.1, 0.15) is 31.4 Å². The van der Waals surface area contributed by atoms with Gasteiger partial charge in [-0.3, -0.25) is 9.59 Å². The quantitative estimate of drug-likeness (QED) is 0.804. The van der Waals surface area contributed by atoms with E-state index in [1.807, 2.05) is 39.0 Å². The molecule has 1 aromatic carbocycles. The first-order valence-electron chi connectivity index (χ1n) is 7.21. The number of nitrogens with one attached hydrogen (secondary N) is 2. The first-order valence-corrected chi connectivity index (χ1v) is 7.21. The van der Waals surface area contributed by atoms with Crippen LogP contribution in [-0.2, 0) is 9.59 Å². The minimum absolute atomic E-state index is 0.100. The van der Waals surface area contributed by atoms with Crippen molar-refractivity contribution in [3.8, 4) is 5.75 Å². The second kappa shape index (κ2) is 8.29. The third-order valence-electron chi connectivity index (χ3n) is 3.08. The molecule has 0 fully saturated rings.